The summed E-state index contributed by atoms with van der Waals surface area (Å²) in [5, 5.41) is 12.3. The molecule has 0 atom stereocenters. The molecule has 6 heteroatoms. The Kier molecular flexibility index (Phi) is 6.77. The minimum atomic E-state index is -0.317. The number of carbonyl (C=O) groups is 1. The topological polar surface area (TPSA) is 67.8 Å². The molecule has 0 radical (unpaired) electrons. The van der Waals surface area contributed by atoms with E-state index in [4.69, 9.17) is 9.47 Å². The average molecular weight is 456 g/mol. The SMILES string of the molecule is CCOc1cc(C(=O)Nc2cccc(O)c2)cc(Br)c1OCc1ccc(C)cc1. The first-order valence-electron chi connectivity index (χ1n) is 9.21. The second-order valence-electron chi connectivity index (χ2n) is 6.50. The molecule has 0 aliphatic rings. The van der Waals surface area contributed by atoms with Gasteiger partial charge in [-0.2, -0.15) is 0 Å². The molecule has 0 heterocycles. The van der Waals surface area contributed by atoms with E-state index in [1.165, 1.54) is 11.6 Å². The number of nitrogens with one attached hydrogen (secondary N) is 1. The summed E-state index contributed by atoms with van der Waals surface area (Å²) in [6, 6.07) is 17.8. The molecular weight excluding hydrogens is 434 g/mol. The quantitative estimate of drug-likeness (QED) is 0.479. The molecule has 2 N–H and O–H groups in total. The maximum absolute atomic E-state index is 12.6. The number of aryl methyl sites for hydroxylation is 1. The van der Waals surface area contributed by atoms with Gasteiger partial charge in [0.1, 0.15) is 12.4 Å². The molecule has 0 aromatic heterocycles. The van der Waals surface area contributed by atoms with E-state index in [-0.39, 0.29) is 11.7 Å². The number of hydrogen-bond donors (Lipinski definition) is 2. The molecule has 0 spiro atoms. The molecule has 5 nitrogen and oxygen atoms in total. The Morgan fingerprint density at radius 2 is 1.83 bits per heavy atom. The highest BCUT2D eigenvalue weighted by molar-refractivity contribution is 9.10. The first-order chi connectivity index (χ1) is 14.0. The second-order valence-corrected chi connectivity index (χ2v) is 7.35. The molecule has 3 aromatic rings. The maximum Gasteiger partial charge on any atom is 0.255 e. The van der Waals surface area contributed by atoms with Gasteiger partial charge in [0, 0.05) is 17.3 Å². The van der Waals surface area contributed by atoms with Gasteiger partial charge in [-0.05, 0) is 59.6 Å². The number of hydrogen-bond acceptors (Lipinski definition) is 4. The largest absolute Gasteiger partial charge is 0.508 e. The van der Waals surface area contributed by atoms with Crippen LogP contribution >= 0.6 is 15.9 Å². The fourth-order valence-corrected chi connectivity index (χ4v) is 3.29. The number of anilines is 1. The van der Waals surface area contributed by atoms with Gasteiger partial charge in [0.05, 0.1) is 11.1 Å². The lowest BCUT2D eigenvalue weighted by Gasteiger charge is -2.16. The predicted octanol–water partition coefficient (Wildman–Crippen LogP) is 5.69. The van der Waals surface area contributed by atoms with Gasteiger partial charge in [-0.25, -0.2) is 0 Å². The second kappa shape index (κ2) is 9.47. The summed E-state index contributed by atoms with van der Waals surface area (Å²) >= 11 is 3.49. The minimum Gasteiger partial charge on any atom is -0.508 e. The van der Waals surface area contributed by atoms with E-state index >= 15 is 0 Å². The van der Waals surface area contributed by atoms with Gasteiger partial charge in [0.15, 0.2) is 11.5 Å². The Hall–Kier alpha value is -2.99. The summed E-state index contributed by atoms with van der Waals surface area (Å²) in [5.41, 5.74) is 3.14. The normalized spacial score (nSPS) is 10.4. The summed E-state index contributed by atoms with van der Waals surface area (Å²) in [5.74, 6) is 0.789. The van der Waals surface area contributed by atoms with E-state index < -0.39 is 0 Å². The summed E-state index contributed by atoms with van der Waals surface area (Å²) in [6.07, 6.45) is 0. The van der Waals surface area contributed by atoms with Crippen LogP contribution in [0.3, 0.4) is 0 Å². The molecule has 0 aliphatic heterocycles. The van der Waals surface area contributed by atoms with Crippen molar-refractivity contribution in [3.05, 3.63) is 81.8 Å². The van der Waals surface area contributed by atoms with Gasteiger partial charge in [-0.15, -0.1) is 0 Å². The molecule has 0 aliphatic carbocycles. The van der Waals surface area contributed by atoms with E-state index in [9.17, 15) is 9.90 Å². The number of benzene rings is 3. The number of phenols is 1. The van der Waals surface area contributed by atoms with Gasteiger partial charge in [-0.1, -0.05) is 35.9 Å². The van der Waals surface area contributed by atoms with Crippen LogP contribution < -0.4 is 14.8 Å². The lowest BCUT2D eigenvalue weighted by atomic mass is 10.1. The van der Waals surface area contributed by atoms with Crippen LogP contribution in [-0.2, 0) is 6.61 Å². The third kappa shape index (κ3) is 5.51. The molecule has 150 valence electrons. The Labute approximate surface area is 178 Å². The molecule has 3 rings (SSSR count). The number of amides is 1. The first kappa shape index (κ1) is 20.7. The number of halogens is 1. The highest BCUT2D eigenvalue weighted by Crippen LogP contribution is 2.37. The van der Waals surface area contributed by atoms with Crippen molar-refractivity contribution in [3.63, 3.8) is 0 Å². The summed E-state index contributed by atoms with van der Waals surface area (Å²) < 4.78 is 12.3. The van der Waals surface area contributed by atoms with Gasteiger partial charge < -0.3 is 19.9 Å². The van der Waals surface area contributed by atoms with E-state index in [0.29, 0.717) is 40.4 Å². The monoisotopic (exact) mass is 455 g/mol. The van der Waals surface area contributed by atoms with Gasteiger partial charge in [-0.3, -0.25) is 4.79 Å². The van der Waals surface area contributed by atoms with Gasteiger partial charge in [0.25, 0.3) is 5.91 Å². The van der Waals surface area contributed by atoms with Crippen LogP contribution in [0.5, 0.6) is 17.2 Å². The predicted molar refractivity (Wildman–Crippen MR) is 117 cm³/mol. The van der Waals surface area contributed by atoms with Crippen molar-refractivity contribution in [2.45, 2.75) is 20.5 Å². The van der Waals surface area contributed by atoms with Gasteiger partial charge >= 0.3 is 0 Å². The van der Waals surface area contributed by atoms with E-state index in [0.717, 1.165) is 5.56 Å². The fraction of sp³-hybridized carbons (Fsp3) is 0.174. The summed E-state index contributed by atoms with van der Waals surface area (Å²) in [4.78, 5) is 12.6. The van der Waals surface area contributed by atoms with Crippen molar-refractivity contribution in [2.24, 2.45) is 0 Å². The van der Waals surface area contributed by atoms with Crippen molar-refractivity contribution >= 4 is 27.5 Å². The molecule has 0 bridgehead atoms. The Bertz CT molecular complexity index is 1000. The summed E-state index contributed by atoms with van der Waals surface area (Å²) in [7, 11) is 0. The van der Waals surface area contributed by atoms with Crippen molar-refractivity contribution < 1.29 is 19.4 Å². The van der Waals surface area contributed by atoms with E-state index in [1.807, 2.05) is 38.1 Å². The molecule has 0 unspecified atom stereocenters. The Morgan fingerprint density at radius 1 is 1.07 bits per heavy atom. The standard InChI is InChI=1S/C23H22BrNO4/c1-3-28-21-12-17(23(27)25-18-5-4-6-19(26)13-18)11-20(24)22(21)29-14-16-9-7-15(2)8-10-16/h4-13,26H,3,14H2,1-2H3,(H,25,27). The zero-order valence-corrected chi connectivity index (χ0v) is 17.8. The minimum absolute atomic E-state index is 0.0823. The number of aromatic hydroxyl groups is 1. The smallest absolute Gasteiger partial charge is 0.255 e. The van der Waals surface area contributed by atoms with Crippen LogP contribution in [0.2, 0.25) is 0 Å². The van der Waals surface area contributed by atoms with Crippen molar-refractivity contribution in [1.82, 2.24) is 0 Å². The van der Waals surface area contributed by atoms with Crippen molar-refractivity contribution in [1.29, 1.82) is 0 Å². The number of rotatable bonds is 7. The molecule has 29 heavy (non-hydrogen) atoms. The first-order valence-corrected chi connectivity index (χ1v) is 10.0. The fourth-order valence-electron chi connectivity index (χ4n) is 2.73. The molecule has 0 saturated heterocycles. The zero-order chi connectivity index (χ0) is 20.8. The van der Waals surface area contributed by atoms with E-state index in [2.05, 4.69) is 21.2 Å². The summed E-state index contributed by atoms with van der Waals surface area (Å²) in [6.45, 7) is 4.73. The highest BCUT2D eigenvalue weighted by Gasteiger charge is 2.17. The van der Waals surface area contributed by atoms with Crippen molar-refractivity contribution in [2.75, 3.05) is 11.9 Å². The molecule has 0 saturated carbocycles. The molecular formula is C23H22BrNO4. The third-order valence-electron chi connectivity index (χ3n) is 4.18. The van der Waals surface area contributed by atoms with Crippen LogP contribution in [0.1, 0.15) is 28.4 Å². The van der Waals surface area contributed by atoms with Crippen LogP contribution in [0.25, 0.3) is 0 Å². The Morgan fingerprint density at radius 3 is 2.52 bits per heavy atom. The Balaban J connectivity index is 1.81. The van der Waals surface area contributed by atoms with Crippen LogP contribution in [-0.4, -0.2) is 17.6 Å². The molecule has 1 amide bonds. The molecule has 3 aromatic carbocycles. The highest BCUT2D eigenvalue weighted by atomic mass is 79.9. The van der Waals surface area contributed by atoms with Crippen LogP contribution in [0, 0.1) is 6.92 Å². The number of phenolic OH excluding ortho intramolecular Hbond substituents is 1. The third-order valence-corrected chi connectivity index (χ3v) is 4.77. The van der Waals surface area contributed by atoms with E-state index in [1.54, 1.807) is 30.3 Å². The van der Waals surface area contributed by atoms with Crippen LogP contribution in [0.15, 0.2) is 65.1 Å². The zero-order valence-electron chi connectivity index (χ0n) is 16.2. The lowest BCUT2D eigenvalue weighted by molar-refractivity contribution is 0.102. The maximum atomic E-state index is 12.6. The average Bonchev–Trinajstić information content (AvgIpc) is 2.68. The number of ether oxygens (including phenoxy) is 2. The van der Waals surface area contributed by atoms with Crippen LogP contribution in [0.4, 0.5) is 5.69 Å². The number of carbonyl (C=O) groups excluding carboxylic acids is 1. The van der Waals surface area contributed by atoms with Crippen molar-refractivity contribution in [3.8, 4) is 17.2 Å². The van der Waals surface area contributed by atoms with Gasteiger partial charge in [0.2, 0.25) is 0 Å². The molecule has 0 fully saturated rings. The lowest BCUT2D eigenvalue weighted by Crippen LogP contribution is -2.12.